The SMILES string of the molecule is CCOC(=O)c1ccc(OC)c(OC)c1CCc1cc(OC)cc(OC)c1. The van der Waals surface area contributed by atoms with Crippen LogP contribution in [0.4, 0.5) is 0 Å². The van der Waals surface area contributed by atoms with Gasteiger partial charge in [0.05, 0.1) is 40.6 Å². The first kappa shape index (κ1) is 20.4. The van der Waals surface area contributed by atoms with E-state index in [-0.39, 0.29) is 5.97 Å². The van der Waals surface area contributed by atoms with Crippen LogP contribution in [0.1, 0.15) is 28.4 Å². The van der Waals surface area contributed by atoms with E-state index in [0.29, 0.717) is 48.0 Å². The fourth-order valence-electron chi connectivity index (χ4n) is 2.92. The van der Waals surface area contributed by atoms with E-state index < -0.39 is 0 Å². The van der Waals surface area contributed by atoms with Crippen molar-refractivity contribution in [3.8, 4) is 23.0 Å². The molecule has 27 heavy (non-hydrogen) atoms. The zero-order valence-corrected chi connectivity index (χ0v) is 16.5. The largest absolute Gasteiger partial charge is 0.497 e. The third-order valence-corrected chi connectivity index (χ3v) is 4.22. The lowest BCUT2D eigenvalue weighted by Crippen LogP contribution is -2.11. The van der Waals surface area contributed by atoms with Gasteiger partial charge in [-0.2, -0.15) is 0 Å². The van der Waals surface area contributed by atoms with Crippen LogP contribution in [0.15, 0.2) is 30.3 Å². The van der Waals surface area contributed by atoms with Crippen molar-refractivity contribution in [2.75, 3.05) is 35.0 Å². The lowest BCUT2D eigenvalue weighted by Gasteiger charge is -2.17. The number of carbonyl (C=O) groups excluding carboxylic acids is 1. The molecular formula is C21H26O6. The van der Waals surface area contributed by atoms with Crippen molar-refractivity contribution in [1.82, 2.24) is 0 Å². The molecule has 0 spiro atoms. The topological polar surface area (TPSA) is 63.2 Å². The van der Waals surface area contributed by atoms with Gasteiger partial charge in [-0.3, -0.25) is 0 Å². The fourth-order valence-corrected chi connectivity index (χ4v) is 2.92. The van der Waals surface area contributed by atoms with Gasteiger partial charge in [-0.15, -0.1) is 0 Å². The Morgan fingerprint density at radius 2 is 1.52 bits per heavy atom. The maximum absolute atomic E-state index is 12.4. The molecule has 0 amide bonds. The van der Waals surface area contributed by atoms with Gasteiger partial charge in [0.25, 0.3) is 0 Å². The van der Waals surface area contributed by atoms with E-state index >= 15 is 0 Å². The fraction of sp³-hybridized carbons (Fsp3) is 0.381. The molecule has 2 aromatic carbocycles. The van der Waals surface area contributed by atoms with E-state index in [9.17, 15) is 4.79 Å². The van der Waals surface area contributed by atoms with Crippen molar-refractivity contribution in [1.29, 1.82) is 0 Å². The molecule has 2 rings (SSSR count). The molecule has 0 aliphatic carbocycles. The standard InChI is InChI=1S/C21H26O6/c1-6-27-21(22)18-9-10-19(25-4)20(26-5)17(18)8-7-14-11-15(23-2)13-16(12-14)24-3/h9-13H,6-8H2,1-5H3. The summed E-state index contributed by atoms with van der Waals surface area (Å²) >= 11 is 0. The van der Waals surface area contributed by atoms with Crippen LogP contribution in [0.2, 0.25) is 0 Å². The molecule has 0 N–H and O–H groups in total. The van der Waals surface area contributed by atoms with Gasteiger partial charge in [-0.05, 0) is 49.6 Å². The summed E-state index contributed by atoms with van der Waals surface area (Å²) in [5, 5.41) is 0. The molecule has 0 aromatic heterocycles. The van der Waals surface area contributed by atoms with Crippen LogP contribution in [-0.4, -0.2) is 41.0 Å². The monoisotopic (exact) mass is 374 g/mol. The summed E-state index contributed by atoms with van der Waals surface area (Å²) in [6.45, 7) is 2.08. The van der Waals surface area contributed by atoms with Crippen molar-refractivity contribution in [2.45, 2.75) is 19.8 Å². The smallest absolute Gasteiger partial charge is 0.338 e. The Bertz CT molecular complexity index is 762. The Morgan fingerprint density at radius 3 is 2.04 bits per heavy atom. The van der Waals surface area contributed by atoms with Crippen LogP contribution in [0.5, 0.6) is 23.0 Å². The molecule has 2 aromatic rings. The number of aryl methyl sites for hydroxylation is 1. The van der Waals surface area contributed by atoms with Crippen LogP contribution >= 0.6 is 0 Å². The third-order valence-electron chi connectivity index (χ3n) is 4.22. The quantitative estimate of drug-likeness (QED) is 0.624. The van der Waals surface area contributed by atoms with E-state index in [1.54, 1.807) is 47.5 Å². The summed E-state index contributed by atoms with van der Waals surface area (Å²) in [7, 11) is 6.36. The highest BCUT2D eigenvalue weighted by Gasteiger charge is 2.20. The summed E-state index contributed by atoms with van der Waals surface area (Å²) < 4.78 is 26.8. The maximum Gasteiger partial charge on any atom is 0.338 e. The summed E-state index contributed by atoms with van der Waals surface area (Å²) in [4.78, 5) is 12.4. The Labute approximate surface area is 160 Å². The predicted molar refractivity (Wildman–Crippen MR) is 102 cm³/mol. The Hall–Kier alpha value is -2.89. The van der Waals surface area contributed by atoms with Gasteiger partial charge in [0.2, 0.25) is 0 Å². The molecule has 0 radical (unpaired) electrons. The summed E-state index contributed by atoms with van der Waals surface area (Å²) in [5.41, 5.74) is 2.24. The van der Waals surface area contributed by atoms with Gasteiger partial charge in [-0.1, -0.05) is 0 Å². The molecule has 0 fully saturated rings. The third kappa shape index (κ3) is 4.84. The average molecular weight is 374 g/mol. The van der Waals surface area contributed by atoms with E-state index in [1.165, 1.54) is 0 Å². The molecule has 0 unspecified atom stereocenters. The number of benzene rings is 2. The molecule has 6 nitrogen and oxygen atoms in total. The number of hydrogen-bond acceptors (Lipinski definition) is 6. The summed E-state index contributed by atoms with van der Waals surface area (Å²) in [6, 6.07) is 9.13. The lowest BCUT2D eigenvalue weighted by molar-refractivity contribution is 0.0524. The van der Waals surface area contributed by atoms with Crippen molar-refractivity contribution in [3.63, 3.8) is 0 Å². The highest BCUT2D eigenvalue weighted by Crippen LogP contribution is 2.35. The van der Waals surface area contributed by atoms with Gasteiger partial charge in [0, 0.05) is 11.6 Å². The van der Waals surface area contributed by atoms with Crippen molar-refractivity contribution in [2.24, 2.45) is 0 Å². The van der Waals surface area contributed by atoms with Gasteiger partial charge in [-0.25, -0.2) is 4.79 Å². The number of hydrogen-bond donors (Lipinski definition) is 0. The molecule has 0 atom stereocenters. The minimum Gasteiger partial charge on any atom is -0.497 e. The van der Waals surface area contributed by atoms with Gasteiger partial charge >= 0.3 is 5.97 Å². The minimum atomic E-state index is -0.378. The number of rotatable bonds is 9. The zero-order valence-electron chi connectivity index (χ0n) is 16.5. The van der Waals surface area contributed by atoms with Crippen LogP contribution in [0.3, 0.4) is 0 Å². The highest BCUT2D eigenvalue weighted by molar-refractivity contribution is 5.92. The Morgan fingerprint density at radius 1 is 0.852 bits per heavy atom. The van der Waals surface area contributed by atoms with Gasteiger partial charge in [0.1, 0.15) is 11.5 Å². The number of carbonyl (C=O) groups is 1. The Kier molecular flexibility index (Phi) is 7.34. The first-order chi connectivity index (χ1) is 13.1. The molecule has 0 saturated carbocycles. The molecule has 0 aliphatic rings. The van der Waals surface area contributed by atoms with Gasteiger partial charge in [0.15, 0.2) is 11.5 Å². The Balaban J connectivity index is 2.40. The molecule has 146 valence electrons. The summed E-state index contributed by atoms with van der Waals surface area (Å²) in [6.07, 6.45) is 1.22. The number of methoxy groups -OCH3 is 4. The number of esters is 1. The zero-order chi connectivity index (χ0) is 19.8. The number of ether oxygens (including phenoxy) is 5. The van der Waals surface area contributed by atoms with E-state index in [1.807, 2.05) is 18.2 Å². The van der Waals surface area contributed by atoms with Crippen molar-refractivity contribution < 1.29 is 28.5 Å². The van der Waals surface area contributed by atoms with Crippen molar-refractivity contribution in [3.05, 3.63) is 47.0 Å². The lowest BCUT2D eigenvalue weighted by atomic mass is 9.98. The highest BCUT2D eigenvalue weighted by atomic mass is 16.5. The normalized spacial score (nSPS) is 10.3. The van der Waals surface area contributed by atoms with E-state index in [0.717, 1.165) is 11.1 Å². The first-order valence-electron chi connectivity index (χ1n) is 8.70. The average Bonchev–Trinajstić information content (AvgIpc) is 2.70. The maximum atomic E-state index is 12.4. The minimum absolute atomic E-state index is 0.305. The second-order valence-electron chi connectivity index (χ2n) is 5.77. The van der Waals surface area contributed by atoms with Crippen molar-refractivity contribution >= 4 is 5.97 Å². The molecule has 0 aliphatic heterocycles. The van der Waals surface area contributed by atoms with Gasteiger partial charge < -0.3 is 23.7 Å². The first-order valence-corrected chi connectivity index (χ1v) is 8.70. The predicted octanol–water partition coefficient (Wildman–Crippen LogP) is 3.68. The summed E-state index contributed by atoms with van der Waals surface area (Å²) in [5.74, 6) is 2.17. The molecular weight excluding hydrogens is 348 g/mol. The molecule has 0 heterocycles. The van der Waals surface area contributed by atoms with Crippen LogP contribution < -0.4 is 18.9 Å². The van der Waals surface area contributed by atoms with E-state index in [4.69, 9.17) is 23.7 Å². The van der Waals surface area contributed by atoms with Crippen LogP contribution in [0, 0.1) is 0 Å². The second-order valence-corrected chi connectivity index (χ2v) is 5.77. The van der Waals surface area contributed by atoms with E-state index in [2.05, 4.69) is 0 Å². The van der Waals surface area contributed by atoms with Crippen LogP contribution in [-0.2, 0) is 17.6 Å². The molecule has 0 bridgehead atoms. The molecule has 6 heteroatoms. The second kappa shape index (κ2) is 9.71. The molecule has 0 saturated heterocycles. The van der Waals surface area contributed by atoms with Crippen LogP contribution in [0.25, 0.3) is 0 Å².